The zero-order valence-electron chi connectivity index (χ0n) is 13.0. The van der Waals surface area contributed by atoms with Crippen molar-refractivity contribution in [2.45, 2.75) is 53.0 Å². The topological polar surface area (TPSA) is 26.0 Å². The molecule has 110 valence electrons. The van der Waals surface area contributed by atoms with E-state index in [4.69, 9.17) is 5.73 Å². The highest BCUT2D eigenvalue weighted by atomic mass is 32.1. The van der Waals surface area contributed by atoms with E-state index in [0.29, 0.717) is 12.0 Å². The van der Waals surface area contributed by atoms with Crippen molar-refractivity contribution < 1.29 is 0 Å². The molecule has 1 nitrogen and oxygen atoms in total. The summed E-state index contributed by atoms with van der Waals surface area (Å²) < 4.78 is 1.33. The third-order valence-electron chi connectivity index (χ3n) is 4.13. The Hall–Kier alpha value is -0.860. The molecule has 0 amide bonds. The van der Waals surface area contributed by atoms with Crippen LogP contribution in [-0.4, -0.2) is 0 Å². The van der Waals surface area contributed by atoms with Crippen LogP contribution in [0.5, 0.6) is 0 Å². The molecule has 1 heterocycles. The second-order valence-corrected chi connectivity index (χ2v) is 7.99. The van der Waals surface area contributed by atoms with E-state index in [2.05, 4.69) is 51.1 Å². The van der Waals surface area contributed by atoms with Crippen LogP contribution in [0.25, 0.3) is 10.1 Å². The van der Waals surface area contributed by atoms with E-state index in [1.807, 2.05) is 0 Å². The van der Waals surface area contributed by atoms with Gasteiger partial charge in [-0.1, -0.05) is 51.8 Å². The van der Waals surface area contributed by atoms with Gasteiger partial charge in [-0.15, -0.1) is 11.3 Å². The molecule has 1 atom stereocenters. The SMILES string of the molecule is CC1CCCC(C)(C)C1.NCc1cc2ccccc2s1. The Labute approximate surface area is 127 Å². The molecule has 0 spiro atoms. The Balaban J connectivity index is 0.000000151. The average molecular weight is 289 g/mol. The second-order valence-electron chi connectivity index (χ2n) is 6.82. The molecular weight excluding hydrogens is 262 g/mol. The summed E-state index contributed by atoms with van der Waals surface area (Å²) in [5.74, 6) is 0.980. The Bertz CT molecular complexity index is 508. The molecule has 2 heteroatoms. The minimum absolute atomic E-state index is 0.650. The lowest BCUT2D eigenvalue weighted by atomic mass is 9.73. The first kappa shape index (κ1) is 15.5. The van der Waals surface area contributed by atoms with Crippen LogP contribution in [0.4, 0.5) is 0 Å². The van der Waals surface area contributed by atoms with Gasteiger partial charge < -0.3 is 5.73 Å². The first-order valence-electron chi connectivity index (χ1n) is 7.68. The summed E-state index contributed by atoms with van der Waals surface area (Å²) >= 11 is 1.77. The van der Waals surface area contributed by atoms with Gasteiger partial charge in [0.05, 0.1) is 0 Å². The van der Waals surface area contributed by atoms with Crippen molar-refractivity contribution in [3.63, 3.8) is 0 Å². The quantitative estimate of drug-likeness (QED) is 0.728. The van der Waals surface area contributed by atoms with E-state index < -0.39 is 0 Å². The summed E-state index contributed by atoms with van der Waals surface area (Å²) in [6.45, 7) is 7.81. The lowest BCUT2D eigenvalue weighted by Crippen LogP contribution is -2.20. The molecule has 2 N–H and O–H groups in total. The zero-order valence-corrected chi connectivity index (χ0v) is 13.8. The Kier molecular flexibility index (Phi) is 5.22. The van der Waals surface area contributed by atoms with Crippen LogP contribution in [0.3, 0.4) is 0 Å². The molecule has 0 bridgehead atoms. The smallest absolute Gasteiger partial charge is 0.0346 e. The second kappa shape index (κ2) is 6.73. The van der Waals surface area contributed by atoms with Crippen LogP contribution in [-0.2, 0) is 6.54 Å². The van der Waals surface area contributed by atoms with Gasteiger partial charge in [-0.2, -0.15) is 0 Å². The standard InChI is InChI=1S/C9H9NS.C9H18/c10-6-8-5-7-3-1-2-4-9(7)11-8;1-8-5-4-6-9(2,3)7-8/h1-5H,6,10H2;8H,4-7H2,1-3H3. The largest absolute Gasteiger partial charge is 0.326 e. The zero-order chi connectivity index (χ0) is 14.6. The van der Waals surface area contributed by atoms with Gasteiger partial charge in [0.2, 0.25) is 0 Å². The molecule has 20 heavy (non-hydrogen) atoms. The van der Waals surface area contributed by atoms with Gasteiger partial charge in [0.1, 0.15) is 0 Å². The summed E-state index contributed by atoms with van der Waals surface area (Å²) in [4.78, 5) is 1.26. The summed E-state index contributed by atoms with van der Waals surface area (Å²) in [5, 5.41) is 1.30. The highest BCUT2D eigenvalue weighted by molar-refractivity contribution is 7.19. The maximum atomic E-state index is 5.52. The summed E-state index contributed by atoms with van der Waals surface area (Å²) in [6.07, 6.45) is 5.79. The molecule has 1 saturated carbocycles. The molecule has 1 fully saturated rings. The van der Waals surface area contributed by atoms with Gasteiger partial charge in [-0.05, 0) is 41.7 Å². The maximum Gasteiger partial charge on any atom is 0.0346 e. The number of benzene rings is 1. The normalized spacial score (nSPS) is 21.3. The number of hydrogen-bond acceptors (Lipinski definition) is 2. The first-order chi connectivity index (χ1) is 9.50. The van der Waals surface area contributed by atoms with Crippen molar-refractivity contribution in [3.8, 4) is 0 Å². The van der Waals surface area contributed by atoms with Crippen LogP contribution >= 0.6 is 11.3 Å². The molecule has 0 radical (unpaired) electrons. The minimum atomic E-state index is 0.650. The minimum Gasteiger partial charge on any atom is -0.326 e. The number of hydrogen-bond donors (Lipinski definition) is 1. The molecule has 1 aromatic heterocycles. The van der Waals surface area contributed by atoms with Gasteiger partial charge in [0.15, 0.2) is 0 Å². The fraction of sp³-hybridized carbons (Fsp3) is 0.556. The molecule has 1 unspecified atom stereocenters. The molecule has 1 aromatic carbocycles. The average Bonchev–Trinajstić information content (AvgIpc) is 2.80. The lowest BCUT2D eigenvalue weighted by Gasteiger charge is -2.33. The number of thiophene rings is 1. The molecule has 0 aliphatic heterocycles. The predicted octanol–water partition coefficient (Wildman–Crippen LogP) is 5.58. The van der Waals surface area contributed by atoms with Gasteiger partial charge in [-0.3, -0.25) is 0 Å². The van der Waals surface area contributed by atoms with Crippen molar-refractivity contribution in [2.75, 3.05) is 0 Å². The van der Waals surface area contributed by atoms with Crippen LogP contribution in [0.1, 0.15) is 51.3 Å². The van der Waals surface area contributed by atoms with Gasteiger partial charge >= 0.3 is 0 Å². The summed E-state index contributed by atoms with van der Waals surface area (Å²) in [6, 6.07) is 10.5. The van der Waals surface area contributed by atoms with Crippen molar-refractivity contribution in [3.05, 3.63) is 35.2 Å². The number of fused-ring (bicyclic) bond motifs is 1. The van der Waals surface area contributed by atoms with E-state index in [9.17, 15) is 0 Å². The Morgan fingerprint density at radius 2 is 2.05 bits per heavy atom. The summed E-state index contributed by atoms with van der Waals surface area (Å²) in [5.41, 5.74) is 6.17. The van der Waals surface area contributed by atoms with E-state index >= 15 is 0 Å². The molecule has 0 saturated heterocycles. The Morgan fingerprint density at radius 1 is 1.30 bits per heavy atom. The lowest BCUT2D eigenvalue weighted by molar-refractivity contribution is 0.191. The fourth-order valence-electron chi connectivity index (χ4n) is 3.21. The van der Waals surface area contributed by atoms with Crippen molar-refractivity contribution >= 4 is 21.4 Å². The number of nitrogens with two attached hydrogens (primary N) is 1. The van der Waals surface area contributed by atoms with Gasteiger partial charge in [0.25, 0.3) is 0 Å². The van der Waals surface area contributed by atoms with E-state index in [1.54, 1.807) is 11.3 Å². The van der Waals surface area contributed by atoms with Crippen LogP contribution in [0.2, 0.25) is 0 Å². The molecule has 2 aromatic rings. The predicted molar refractivity (Wildman–Crippen MR) is 91.1 cm³/mol. The highest BCUT2D eigenvalue weighted by Crippen LogP contribution is 2.37. The third-order valence-corrected chi connectivity index (χ3v) is 5.27. The van der Waals surface area contributed by atoms with Crippen LogP contribution < -0.4 is 5.73 Å². The van der Waals surface area contributed by atoms with Gasteiger partial charge in [-0.25, -0.2) is 0 Å². The first-order valence-corrected chi connectivity index (χ1v) is 8.49. The fourth-order valence-corrected chi connectivity index (χ4v) is 4.16. The summed E-state index contributed by atoms with van der Waals surface area (Å²) in [7, 11) is 0. The van der Waals surface area contributed by atoms with E-state index in [-0.39, 0.29) is 0 Å². The van der Waals surface area contributed by atoms with Gasteiger partial charge in [0, 0.05) is 16.1 Å². The van der Waals surface area contributed by atoms with E-state index in [0.717, 1.165) is 5.92 Å². The van der Waals surface area contributed by atoms with Crippen molar-refractivity contribution in [1.82, 2.24) is 0 Å². The molecule has 1 aliphatic carbocycles. The van der Waals surface area contributed by atoms with E-state index in [1.165, 1.54) is 40.6 Å². The van der Waals surface area contributed by atoms with Crippen molar-refractivity contribution in [1.29, 1.82) is 0 Å². The molecular formula is C18H27NS. The van der Waals surface area contributed by atoms with Crippen molar-refractivity contribution in [2.24, 2.45) is 17.1 Å². The molecule has 3 rings (SSSR count). The number of rotatable bonds is 1. The highest BCUT2D eigenvalue weighted by Gasteiger charge is 2.24. The van der Waals surface area contributed by atoms with Crippen LogP contribution in [0, 0.1) is 11.3 Å². The molecule has 1 aliphatic rings. The Morgan fingerprint density at radius 3 is 2.60 bits per heavy atom. The van der Waals surface area contributed by atoms with Crippen LogP contribution in [0.15, 0.2) is 30.3 Å². The maximum absolute atomic E-state index is 5.52. The third kappa shape index (κ3) is 4.32. The monoisotopic (exact) mass is 289 g/mol.